The lowest BCUT2D eigenvalue weighted by Gasteiger charge is -2.43. The molecule has 1 aromatic heterocycles. The number of piperidine rings is 1. The second-order valence-electron chi connectivity index (χ2n) is 11.5. The van der Waals surface area contributed by atoms with Gasteiger partial charge in [0.15, 0.2) is 12.0 Å². The minimum absolute atomic E-state index is 0.0395. The lowest BCUT2D eigenvalue weighted by molar-refractivity contribution is -0.135. The van der Waals surface area contributed by atoms with E-state index in [1.807, 2.05) is 18.2 Å². The maximum Gasteiger partial charge on any atom is 0.230 e. The molecule has 0 aliphatic carbocycles. The zero-order chi connectivity index (χ0) is 32.0. The van der Waals surface area contributed by atoms with Crippen molar-refractivity contribution in [3.63, 3.8) is 0 Å². The van der Waals surface area contributed by atoms with Gasteiger partial charge in [-0.25, -0.2) is 14.4 Å². The van der Waals surface area contributed by atoms with Crippen molar-refractivity contribution in [3.05, 3.63) is 48.3 Å². The summed E-state index contributed by atoms with van der Waals surface area (Å²) >= 11 is 0. The number of aromatic nitrogens is 3. The van der Waals surface area contributed by atoms with Gasteiger partial charge in [-0.2, -0.15) is 10.2 Å². The number of ether oxygens (including phenoxy) is 3. The molecule has 2 N–H and O–H groups in total. The first-order chi connectivity index (χ1) is 22.4. The van der Waals surface area contributed by atoms with E-state index in [4.69, 9.17) is 19.3 Å². The summed E-state index contributed by atoms with van der Waals surface area (Å²) in [6, 6.07) is 13.5. The average Bonchev–Trinajstić information content (AvgIpc) is 3.05. The Morgan fingerprint density at radius 2 is 1.96 bits per heavy atom. The van der Waals surface area contributed by atoms with Gasteiger partial charge < -0.3 is 34.4 Å². The van der Waals surface area contributed by atoms with Gasteiger partial charge in [-0.3, -0.25) is 9.69 Å². The second-order valence-corrected chi connectivity index (χ2v) is 11.5. The Labute approximate surface area is 266 Å². The van der Waals surface area contributed by atoms with Crippen molar-refractivity contribution in [2.24, 2.45) is 0 Å². The van der Waals surface area contributed by atoms with Crippen LogP contribution in [-0.2, 0) is 9.53 Å². The summed E-state index contributed by atoms with van der Waals surface area (Å²) in [5.41, 5.74) is 2.55. The molecule has 0 spiro atoms. The van der Waals surface area contributed by atoms with Crippen LogP contribution in [-0.4, -0.2) is 120 Å². The van der Waals surface area contributed by atoms with Crippen LogP contribution in [0.15, 0.2) is 42.7 Å². The fraction of sp³-hybridized carbons (Fsp3) is 0.469. The highest BCUT2D eigenvalue weighted by atomic mass is 19.1. The Balaban J connectivity index is 1.11. The highest BCUT2D eigenvalue weighted by molar-refractivity contribution is 5.76. The third-order valence-corrected chi connectivity index (χ3v) is 8.60. The molecule has 0 unspecified atom stereocenters. The Hall–Kier alpha value is -4.58. The first kappa shape index (κ1) is 31.4. The van der Waals surface area contributed by atoms with Crippen molar-refractivity contribution in [2.45, 2.75) is 31.2 Å². The molecule has 2 aromatic carbocycles. The number of piperazine rings is 1. The third kappa shape index (κ3) is 6.96. The topological polar surface area (TPSA) is 149 Å². The van der Waals surface area contributed by atoms with E-state index in [1.54, 1.807) is 25.3 Å². The highest BCUT2D eigenvalue weighted by Gasteiger charge is 2.33. The lowest BCUT2D eigenvalue weighted by Crippen LogP contribution is -2.56. The zero-order valence-corrected chi connectivity index (χ0v) is 25.6. The van der Waals surface area contributed by atoms with E-state index < -0.39 is 12.3 Å². The quantitative estimate of drug-likeness (QED) is 0.338. The number of methoxy groups -OCH3 is 1. The van der Waals surface area contributed by atoms with Crippen LogP contribution in [0.3, 0.4) is 0 Å². The summed E-state index contributed by atoms with van der Waals surface area (Å²) in [7, 11) is 1.66. The number of carbonyl (C=O) groups excluding carboxylic acids is 1. The number of anilines is 3. The van der Waals surface area contributed by atoms with Crippen molar-refractivity contribution in [3.8, 4) is 29.0 Å². The molecule has 0 bridgehead atoms. The molecule has 4 heterocycles. The lowest BCUT2D eigenvalue weighted by atomic mass is 10.0. The smallest absolute Gasteiger partial charge is 0.230 e. The number of nitrogens with one attached hydrogen (secondary N) is 1. The number of nitriles is 1. The molecule has 3 aliphatic heterocycles. The fourth-order valence-electron chi connectivity index (χ4n) is 5.92. The summed E-state index contributed by atoms with van der Waals surface area (Å²) in [6.07, 6.45) is -0.614. The Morgan fingerprint density at radius 1 is 1.13 bits per heavy atom. The predicted molar refractivity (Wildman–Crippen MR) is 167 cm³/mol. The number of aliphatic hydroxyl groups excluding tert-OH is 1. The summed E-state index contributed by atoms with van der Waals surface area (Å²) in [5.74, 6) is 1.35. The van der Waals surface area contributed by atoms with Gasteiger partial charge in [0.2, 0.25) is 11.9 Å². The molecule has 2 atom stereocenters. The van der Waals surface area contributed by atoms with Crippen molar-refractivity contribution in [1.29, 1.82) is 5.26 Å². The molecular formula is C32H37FN8O5. The summed E-state index contributed by atoms with van der Waals surface area (Å²) in [6.45, 7) is 5.33. The normalized spacial score (nSPS) is 20.5. The molecule has 13 nitrogen and oxygen atoms in total. The van der Waals surface area contributed by atoms with Crippen molar-refractivity contribution < 1.29 is 28.5 Å². The van der Waals surface area contributed by atoms with Crippen LogP contribution < -0.4 is 19.7 Å². The molecule has 242 valence electrons. The number of nitrogens with zero attached hydrogens (tertiary/aromatic N) is 7. The molecule has 14 heteroatoms. The van der Waals surface area contributed by atoms with Crippen LogP contribution in [0.2, 0.25) is 0 Å². The van der Waals surface area contributed by atoms with Crippen LogP contribution in [0, 0.1) is 11.3 Å². The van der Waals surface area contributed by atoms with Crippen LogP contribution in [0.4, 0.5) is 21.7 Å². The average molecular weight is 633 g/mol. The maximum atomic E-state index is 14.9. The molecule has 6 rings (SSSR count). The van der Waals surface area contributed by atoms with Gasteiger partial charge in [0.25, 0.3) is 0 Å². The van der Waals surface area contributed by atoms with Crippen LogP contribution in [0.25, 0.3) is 11.4 Å². The van der Waals surface area contributed by atoms with E-state index in [1.165, 1.54) is 11.2 Å². The van der Waals surface area contributed by atoms with Gasteiger partial charge in [-0.1, -0.05) is 0 Å². The van der Waals surface area contributed by atoms with E-state index >= 15 is 0 Å². The minimum atomic E-state index is -1.43. The SMILES string of the molecule is COc1cc(Nc2ncnc(-c3ccc(O[C@H]4CCN(C(=O)CCO)C[C@@H]4F)c(C#N)c3)n2)ccc1N1CCN(C2COC2)CC1. The number of benzene rings is 2. The number of rotatable bonds is 10. The van der Waals surface area contributed by atoms with Gasteiger partial charge >= 0.3 is 0 Å². The molecule has 0 saturated carbocycles. The number of hydrogen-bond acceptors (Lipinski definition) is 12. The molecule has 46 heavy (non-hydrogen) atoms. The molecular weight excluding hydrogens is 595 g/mol. The number of amides is 1. The van der Waals surface area contributed by atoms with E-state index in [0.29, 0.717) is 29.9 Å². The molecule has 1 amide bonds. The van der Waals surface area contributed by atoms with Crippen LogP contribution in [0.1, 0.15) is 18.4 Å². The largest absolute Gasteiger partial charge is 0.495 e. The predicted octanol–water partition coefficient (Wildman–Crippen LogP) is 2.38. The van der Waals surface area contributed by atoms with Gasteiger partial charge in [0, 0.05) is 62.9 Å². The molecule has 3 saturated heterocycles. The second kappa shape index (κ2) is 14.2. The monoisotopic (exact) mass is 632 g/mol. The number of halogens is 1. The maximum absolute atomic E-state index is 14.9. The van der Waals surface area contributed by atoms with Gasteiger partial charge in [-0.15, -0.1) is 0 Å². The Morgan fingerprint density at radius 3 is 2.65 bits per heavy atom. The molecule has 3 aliphatic rings. The number of carbonyl (C=O) groups is 1. The first-order valence-corrected chi connectivity index (χ1v) is 15.4. The molecule has 0 radical (unpaired) electrons. The summed E-state index contributed by atoms with van der Waals surface area (Å²) in [4.78, 5) is 31.3. The standard InChI is InChI=1S/C32H37FN8O5/c1-44-29-15-23(3-4-26(29)40-11-9-39(10-12-40)24-18-45-19-24)37-32-36-20-35-31(38-32)21-2-5-27(22(14-21)16-34)46-28-6-8-41(17-25(28)33)30(43)7-13-42/h2-5,14-15,20,24-25,28,42H,6-13,17-19H2,1H3,(H,35,36,37,38)/t25-,28-/m0/s1. The van der Waals surface area contributed by atoms with Crippen LogP contribution in [0.5, 0.6) is 11.5 Å². The number of hydrogen-bond donors (Lipinski definition) is 2. The Bertz CT molecular complexity index is 1580. The Kier molecular flexibility index (Phi) is 9.72. The highest BCUT2D eigenvalue weighted by Crippen LogP contribution is 2.34. The molecule has 3 fully saturated rings. The third-order valence-electron chi connectivity index (χ3n) is 8.60. The van der Waals surface area contributed by atoms with E-state index in [-0.39, 0.29) is 43.2 Å². The summed E-state index contributed by atoms with van der Waals surface area (Å²) < 4.78 is 31.9. The van der Waals surface area contributed by atoms with Crippen LogP contribution >= 0.6 is 0 Å². The number of aliphatic hydroxyl groups is 1. The zero-order valence-electron chi connectivity index (χ0n) is 25.6. The number of alkyl halides is 1. The number of likely N-dealkylation sites (tertiary alicyclic amines) is 1. The molecule has 3 aromatic rings. The van der Waals surface area contributed by atoms with Crippen molar-refractivity contribution in [1.82, 2.24) is 24.8 Å². The first-order valence-electron chi connectivity index (χ1n) is 15.4. The fourth-order valence-corrected chi connectivity index (χ4v) is 5.92. The van der Waals surface area contributed by atoms with E-state index in [9.17, 15) is 14.4 Å². The van der Waals surface area contributed by atoms with Gasteiger partial charge in [-0.05, 0) is 30.3 Å². The minimum Gasteiger partial charge on any atom is -0.495 e. The van der Waals surface area contributed by atoms with Gasteiger partial charge in [0.05, 0.1) is 50.8 Å². The summed E-state index contributed by atoms with van der Waals surface area (Å²) in [5, 5.41) is 22.1. The van der Waals surface area contributed by atoms with E-state index in [2.05, 4.69) is 36.1 Å². The van der Waals surface area contributed by atoms with E-state index in [0.717, 1.165) is 56.5 Å². The van der Waals surface area contributed by atoms with Crippen molar-refractivity contribution >= 4 is 23.2 Å². The van der Waals surface area contributed by atoms with Gasteiger partial charge in [0.1, 0.15) is 30.0 Å². The van der Waals surface area contributed by atoms with Crippen molar-refractivity contribution in [2.75, 3.05) is 76.4 Å².